The Labute approximate surface area is 116 Å². The molecule has 0 fully saturated rings. The summed E-state index contributed by atoms with van der Waals surface area (Å²) in [6.07, 6.45) is 0.329. The van der Waals surface area contributed by atoms with Gasteiger partial charge in [-0.1, -0.05) is 6.07 Å². The van der Waals surface area contributed by atoms with Gasteiger partial charge in [0.1, 0.15) is 11.6 Å². The number of aryl methyl sites for hydroxylation is 2. The van der Waals surface area contributed by atoms with Gasteiger partial charge < -0.3 is 0 Å². The van der Waals surface area contributed by atoms with Crippen molar-refractivity contribution in [2.75, 3.05) is 0 Å². The molecule has 108 valence electrons. The smallest absolute Gasteiger partial charge is 0.129 e. The molecule has 0 amide bonds. The molecule has 1 heterocycles. The largest absolute Gasteiger partial charge is 0.272 e. The number of hydrogen-bond acceptors (Lipinski definition) is 3. The number of hydrogen-bond donors (Lipinski definition) is 2. The minimum absolute atomic E-state index is 0.274. The molecule has 0 saturated heterocycles. The molecule has 0 aliphatic heterocycles. The summed E-state index contributed by atoms with van der Waals surface area (Å²) in [5.74, 6) is 4.44. The molecule has 2 aromatic rings. The van der Waals surface area contributed by atoms with Crippen LogP contribution < -0.4 is 11.3 Å². The fourth-order valence-electron chi connectivity index (χ4n) is 2.45. The van der Waals surface area contributed by atoms with Crippen LogP contribution in [-0.4, -0.2) is 9.78 Å². The molecule has 3 N–H and O–H groups in total. The van der Waals surface area contributed by atoms with Crippen LogP contribution in [0, 0.1) is 25.5 Å². The first-order chi connectivity index (χ1) is 9.43. The second-order valence-electron chi connectivity index (χ2n) is 4.87. The Balaban J connectivity index is 2.33. The van der Waals surface area contributed by atoms with Crippen molar-refractivity contribution in [3.63, 3.8) is 0 Å². The first kappa shape index (κ1) is 14.6. The first-order valence-electron chi connectivity index (χ1n) is 6.34. The van der Waals surface area contributed by atoms with Crippen molar-refractivity contribution in [3.8, 4) is 0 Å². The lowest BCUT2D eigenvalue weighted by molar-refractivity contribution is 0.518. The molecule has 1 aromatic heterocycles. The van der Waals surface area contributed by atoms with Crippen LogP contribution in [0.2, 0.25) is 0 Å². The van der Waals surface area contributed by atoms with Crippen LogP contribution in [0.3, 0.4) is 0 Å². The van der Waals surface area contributed by atoms with E-state index in [9.17, 15) is 8.78 Å². The molecule has 4 nitrogen and oxygen atoms in total. The van der Waals surface area contributed by atoms with E-state index in [-0.39, 0.29) is 6.04 Å². The summed E-state index contributed by atoms with van der Waals surface area (Å²) < 4.78 is 28.4. The standard InChI is InChI=1S/C14H18F2N4/c1-8-14(9(2)20(3)19-8)13(18-17)6-10-4-5-11(15)7-12(10)16/h4-5,7,13,18H,6,17H2,1-3H3. The van der Waals surface area contributed by atoms with E-state index in [1.807, 2.05) is 20.9 Å². The lowest BCUT2D eigenvalue weighted by Crippen LogP contribution is -2.30. The molecule has 0 spiro atoms. The van der Waals surface area contributed by atoms with Crippen LogP contribution in [-0.2, 0) is 13.5 Å². The molecule has 1 atom stereocenters. The Morgan fingerprint density at radius 3 is 2.55 bits per heavy atom. The third-order valence-corrected chi connectivity index (χ3v) is 3.55. The number of nitrogens with zero attached hydrogens (tertiary/aromatic N) is 2. The number of halogens is 2. The fraction of sp³-hybridized carbons (Fsp3) is 0.357. The normalized spacial score (nSPS) is 12.7. The molecule has 0 radical (unpaired) electrons. The number of nitrogens with two attached hydrogens (primary N) is 1. The highest BCUT2D eigenvalue weighted by Crippen LogP contribution is 2.25. The molecule has 0 aliphatic carbocycles. The average molecular weight is 280 g/mol. The lowest BCUT2D eigenvalue weighted by atomic mass is 9.97. The molecule has 1 unspecified atom stereocenters. The van der Waals surface area contributed by atoms with Crippen LogP contribution in [0.15, 0.2) is 18.2 Å². The molecule has 1 aromatic carbocycles. The Hall–Kier alpha value is -1.79. The highest BCUT2D eigenvalue weighted by Gasteiger charge is 2.20. The minimum Gasteiger partial charge on any atom is -0.272 e. The van der Waals surface area contributed by atoms with Crippen LogP contribution in [0.5, 0.6) is 0 Å². The van der Waals surface area contributed by atoms with E-state index in [1.165, 1.54) is 12.1 Å². The molecule has 0 aliphatic rings. The van der Waals surface area contributed by atoms with Crippen molar-refractivity contribution in [3.05, 3.63) is 52.3 Å². The average Bonchev–Trinajstić information content (AvgIpc) is 2.63. The zero-order valence-corrected chi connectivity index (χ0v) is 11.7. The molecule has 0 saturated carbocycles. The van der Waals surface area contributed by atoms with Gasteiger partial charge in [0, 0.05) is 24.4 Å². The van der Waals surface area contributed by atoms with Crippen molar-refractivity contribution < 1.29 is 8.78 Å². The van der Waals surface area contributed by atoms with Gasteiger partial charge in [-0.05, 0) is 31.9 Å². The van der Waals surface area contributed by atoms with Crippen LogP contribution in [0.4, 0.5) is 8.78 Å². The third-order valence-electron chi connectivity index (χ3n) is 3.55. The van der Waals surface area contributed by atoms with Gasteiger partial charge in [0.05, 0.1) is 11.7 Å². The maximum Gasteiger partial charge on any atom is 0.129 e. The summed E-state index contributed by atoms with van der Waals surface area (Å²) in [5.41, 5.74) is 5.86. The van der Waals surface area contributed by atoms with Crippen LogP contribution in [0.1, 0.15) is 28.6 Å². The van der Waals surface area contributed by atoms with Gasteiger partial charge >= 0.3 is 0 Å². The van der Waals surface area contributed by atoms with Gasteiger partial charge in [-0.3, -0.25) is 16.0 Å². The van der Waals surface area contributed by atoms with E-state index < -0.39 is 11.6 Å². The van der Waals surface area contributed by atoms with Crippen molar-refractivity contribution in [1.29, 1.82) is 0 Å². The van der Waals surface area contributed by atoms with Crippen LogP contribution >= 0.6 is 0 Å². The molecular formula is C14H18F2N4. The second kappa shape index (κ2) is 5.68. The summed E-state index contributed by atoms with van der Waals surface area (Å²) >= 11 is 0. The van der Waals surface area contributed by atoms with E-state index in [0.717, 1.165) is 23.0 Å². The highest BCUT2D eigenvalue weighted by atomic mass is 19.1. The van der Waals surface area contributed by atoms with Crippen molar-refractivity contribution in [2.45, 2.75) is 26.3 Å². The molecular weight excluding hydrogens is 262 g/mol. The van der Waals surface area contributed by atoms with Gasteiger partial charge in [0.25, 0.3) is 0 Å². The Morgan fingerprint density at radius 1 is 1.35 bits per heavy atom. The molecule has 20 heavy (non-hydrogen) atoms. The monoisotopic (exact) mass is 280 g/mol. The van der Waals surface area contributed by atoms with Gasteiger partial charge in [0.2, 0.25) is 0 Å². The Morgan fingerprint density at radius 2 is 2.05 bits per heavy atom. The summed E-state index contributed by atoms with van der Waals surface area (Å²) in [6.45, 7) is 3.81. The number of aromatic nitrogens is 2. The Bertz CT molecular complexity index is 622. The van der Waals surface area contributed by atoms with Crippen molar-refractivity contribution in [2.24, 2.45) is 12.9 Å². The molecule has 0 bridgehead atoms. The number of rotatable bonds is 4. The predicted octanol–water partition coefficient (Wildman–Crippen LogP) is 2.06. The van der Waals surface area contributed by atoms with E-state index in [1.54, 1.807) is 4.68 Å². The van der Waals surface area contributed by atoms with E-state index in [2.05, 4.69) is 10.5 Å². The highest BCUT2D eigenvalue weighted by molar-refractivity contribution is 5.31. The molecule has 6 heteroatoms. The SMILES string of the molecule is Cc1nn(C)c(C)c1C(Cc1ccc(F)cc1F)NN. The topological polar surface area (TPSA) is 55.9 Å². The summed E-state index contributed by atoms with van der Waals surface area (Å²) in [4.78, 5) is 0. The quantitative estimate of drug-likeness (QED) is 0.666. The predicted molar refractivity (Wildman–Crippen MR) is 72.8 cm³/mol. The zero-order valence-electron chi connectivity index (χ0n) is 11.7. The fourth-order valence-corrected chi connectivity index (χ4v) is 2.45. The minimum atomic E-state index is -0.586. The third kappa shape index (κ3) is 2.71. The first-order valence-corrected chi connectivity index (χ1v) is 6.34. The van der Waals surface area contributed by atoms with Gasteiger partial charge in [-0.25, -0.2) is 8.78 Å². The lowest BCUT2D eigenvalue weighted by Gasteiger charge is -2.17. The number of benzene rings is 1. The van der Waals surface area contributed by atoms with Crippen LogP contribution in [0.25, 0.3) is 0 Å². The van der Waals surface area contributed by atoms with E-state index in [4.69, 9.17) is 5.84 Å². The van der Waals surface area contributed by atoms with Crippen molar-refractivity contribution in [1.82, 2.24) is 15.2 Å². The van der Waals surface area contributed by atoms with E-state index >= 15 is 0 Å². The van der Waals surface area contributed by atoms with E-state index in [0.29, 0.717) is 12.0 Å². The molecule has 2 rings (SSSR count). The maximum atomic E-state index is 13.7. The second-order valence-corrected chi connectivity index (χ2v) is 4.87. The zero-order chi connectivity index (χ0) is 14.9. The number of hydrazine groups is 1. The Kier molecular flexibility index (Phi) is 4.15. The summed E-state index contributed by atoms with van der Waals surface area (Å²) in [5, 5.41) is 4.32. The van der Waals surface area contributed by atoms with Gasteiger partial charge in [-0.2, -0.15) is 5.10 Å². The summed E-state index contributed by atoms with van der Waals surface area (Å²) in [7, 11) is 1.85. The maximum absolute atomic E-state index is 13.7. The number of nitrogens with one attached hydrogen (secondary N) is 1. The summed E-state index contributed by atoms with van der Waals surface area (Å²) in [6, 6.07) is 3.29. The van der Waals surface area contributed by atoms with Gasteiger partial charge in [-0.15, -0.1) is 0 Å². The van der Waals surface area contributed by atoms with Crippen molar-refractivity contribution >= 4 is 0 Å². The van der Waals surface area contributed by atoms with Gasteiger partial charge in [0.15, 0.2) is 0 Å².